The highest BCUT2D eigenvalue weighted by Crippen LogP contribution is 2.47. The van der Waals surface area contributed by atoms with E-state index in [9.17, 15) is 9.90 Å². The molecule has 2 heterocycles. The third kappa shape index (κ3) is 4.13. The van der Waals surface area contributed by atoms with E-state index in [1.807, 2.05) is 18.2 Å². The molecule has 2 saturated carbocycles. The van der Waals surface area contributed by atoms with Crippen LogP contribution in [0.25, 0.3) is 11.3 Å². The van der Waals surface area contributed by atoms with Crippen LogP contribution in [0.2, 0.25) is 10.0 Å². The van der Waals surface area contributed by atoms with Gasteiger partial charge in [0.25, 0.3) is 0 Å². The van der Waals surface area contributed by atoms with Crippen molar-refractivity contribution in [3.63, 3.8) is 0 Å². The summed E-state index contributed by atoms with van der Waals surface area (Å²) in [4.78, 5) is 13.8. The quantitative estimate of drug-likeness (QED) is 0.361. The van der Waals surface area contributed by atoms with Crippen molar-refractivity contribution in [3.05, 3.63) is 63.3 Å². The molecule has 2 bridgehead atoms. The van der Waals surface area contributed by atoms with Crippen LogP contribution < -0.4 is 9.64 Å². The normalized spacial score (nSPS) is 22.9. The molecular formula is C27H26Cl2N2O5. The molecule has 3 fully saturated rings. The third-order valence-corrected chi connectivity index (χ3v) is 8.26. The first-order valence-electron chi connectivity index (χ1n) is 12.2. The predicted octanol–water partition coefficient (Wildman–Crippen LogP) is 6.42. The van der Waals surface area contributed by atoms with E-state index < -0.39 is 5.97 Å². The minimum atomic E-state index is -0.994. The van der Waals surface area contributed by atoms with Crippen LogP contribution in [-0.4, -0.2) is 42.0 Å². The van der Waals surface area contributed by atoms with Gasteiger partial charge in [-0.1, -0.05) is 34.4 Å². The van der Waals surface area contributed by atoms with Crippen molar-refractivity contribution in [2.75, 3.05) is 18.6 Å². The van der Waals surface area contributed by atoms with Gasteiger partial charge in [0, 0.05) is 47.3 Å². The van der Waals surface area contributed by atoms with Gasteiger partial charge in [-0.3, -0.25) is 0 Å². The van der Waals surface area contributed by atoms with E-state index in [1.54, 1.807) is 18.2 Å². The Bertz CT molecular complexity index is 1300. The first kappa shape index (κ1) is 23.6. The fourth-order valence-electron chi connectivity index (χ4n) is 5.70. The number of methoxy groups -OCH3 is 1. The summed E-state index contributed by atoms with van der Waals surface area (Å²) in [7, 11) is 1.50. The first-order valence-corrected chi connectivity index (χ1v) is 12.9. The van der Waals surface area contributed by atoms with Gasteiger partial charge in [0.05, 0.1) is 29.9 Å². The fourth-order valence-corrected chi connectivity index (χ4v) is 6.28. The van der Waals surface area contributed by atoms with Crippen molar-refractivity contribution < 1.29 is 23.9 Å². The number of hydrogen-bond donors (Lipinski definition) is 1. The van der Waals surface area contributed by atoms with Gasteiger partial charge in [0.15, 0.2) is 0 Å². The lowest BCUT2D eigenvalue weighted by Gasteiger charge is -2.33. The van der Waals surface area contributed by atoms with Gasteiger partial charge >= 0.3 is 5.97 Å². The minimum Gasteiger partial charge on any atom is -0.496 e. The average Bonchev–Trinajstić information content (AvgIpc) is 3.32. The number of halogens is 2. The number of aromatic carboxylic acids is 1. The fraction of sp³-hybridized carbons (Fsp3) is 0.407. The summed E-state index contributed by atoms with van der Waals surface area (Å²) >= 11 is 13.0. The molecule has 9 heteroatoms. The molecule has 36 heavy (non-hydrogen) atoms. The molecule has 3 atom stereocenters. The lowest BCUT2D eigenvalue weighted by Crippen LogP contribution is -2.38. The monoisotopic (exact) mass is 528 g/mol. The van der Waals surface area contributed by atoms with Crippen LogP contribution in [0.15, 0.2) is 40.9 Å². The Morgan fingerprint density at radius 1 is 1.19 bits per heavy atom. The van der Waals surface area contributed by atoms with Crippen LogP contribution in [0.3, 0.4) is 0 Å². The Hall–Kier alpha value is -2.74. The maximum atomic E-state index is 11.4. The standard InChI is InChI=1S/C27H26Cl2N2O5/c1-34-23-10-16(7-8-18(23)27(32)33)31-12-15-9-17(31)11-22(15)35-13-19-25(30-36-26(19)14-5-6-14)24-20(28)3-2-4-21(24)29/h2-4,7-8,10,14-15,17,22H,5-6,9,11-13H2,1H3,(H,32,33)/t15-,17-,22+/m0/s1. The van der Waals surface area contributed by atoms with Crippen LogP contribution in [0.4, 0.5) is 5.69 Å². The van der Waals surface area contributed by atoms with Crippen LogP contribution >= 0.6 is 23.2 Å². The van der Waals surface area contributed by atoms with Crippen LogP contribution in [-0.2, 0) is 11.3 Å². The van der Waals surface area contributed by atoms with Gasteiger partial charge in [-0.15, -0.1) is 0 Å². The molecule has 0 spiro atoms. The van der Waals surface area contributed by atoms with Crippen LogP contribution in [0.5, 0.6) is 5.75 Å². The summed E-state index contributed by atoms with van der Waals surface area (Å²) in [6.07, 6.45) is 4.24. The molecule has 1 aromatic heterocycles. The number of carbonyl (C=O) groups is 1. The maximum absolute atomic E-state index is 11.4. The largest absolute Gasteiger partial charge is 0.496 e. The Morgan fingerprint density at radius 2 is 1.97 bits per heavy atom. The molecule has 1 aliphatic heterocycles. The maximum Gasteiger partial charge on any atom is 0.339 e. The average molecular weight is 529 g/mol. The molecule has 7 nitrogen and oxygen atoms in total. The zero-order valence-corrected chi connectivity index (χ0v) is 21.3. The highest BCUT2D eigenvalue weighted by atomic mass is 35.5. The van der Waals surface area contributed by atoms with Crippen molar-refractivity contribution in [1.82, 2.24) is 5.16 Å². The van der Waals surface area contributed by atoms with E-state index >= 15 is 0 Å². The molecule has 0 amide bonds. The molecule has 0 unspecified atom stereocenters. The molecule has 3 aromatic rings. The molecule has 6 rings (SSSR count). The van der Waals surface area contributed by atoms with Crippen molar-refractivity contribution in [1.29, 1.82) is 0 Å². The summed E-state index contributed by atoms with van der Waals surface area (Å²) in [6.45, 7) is 1.26. The number of benzene rings is 2. The Labute approximate surface area is 218 Å². The number of fused-ring (bicyclic) bond motifs is 2. The first-order chi connectivity index (χ1) is 17.4. The van der Waals surface area contributed by atoms with Crippen molar-refractivity contribution in [3.8, 4) is 17.0 Å². The van der Waals surface area contributed by atoms with Crippen molar-refractivity contribution in [2.24, 2.45) is 5.92 Å². The smallest absolute Gasteiger partial charge is 0.339 e. The van der Waals surface area contributed by atoms with Gasteiger partial charge in [0.2, 0.25) is 0 Å². The summed E-state index contributed by atoms with van der Waals surface area (Å²) in [6, 6.07) is 11.1. The second kappa shape index (κ2) is 9.29. The van der Waals surface area contributed by atoms with E-state index in [0.717, 1.165) is 49.2 Å². The number of anilines is 1. The number of aromatic nitrogens is 1. The van der Waals surface area contributed by atoms with E-state index in [0.29, 0.717) is 51.5 Å². The number of carboxylic acids is 1. The molecule has 2 aliphatic carbocycles. The zero-order valence-electron chi connectivity index (χ0n) is 19.7. The summed E-state index contributed by atoms with van der Waals surface area (Å²) < 4.78 is 17.6. The molecule has 1 N–H and O–H groups in total. The topological polar surface area (TPSA) is 85.0 Å². The SMILES string of the molecule is COc1cc(N2C[C@@H]3C[C@H]2C[C@H]3OCc2c(-c3c(Cl)cccc3Cl)noc2C2CC2)ccc1C(=O)O. The highest BCUT2D eigenvalue weighted by Gasteiger charge is 2.46. The predicted molar refractivity (Wildman–Crippen MR) is 136 cm³/mol. The number of ether oxygens (including phenoxy) is 2. The Morgan fingerprint density at radius 3 is 2.61 bits per heavy atom. The lowest BCUT2D eigenvalue weighted by molar-refractivity contribution is 0.0122. The Balaban J connectivity index is 1.18. The van der Waals surface area contributed by atoms with Crippen LogP contribution in [0.1, 0.15) is 53.3 Å². The molecule has 0 radical (unpaired) electrons. The summed E-state index contributed by atoms with van der Waals surface area (Å²) in [5, 5.41) is 14.8. The second-order valence-corrected chi connectivity index (χ2v) is 10.6. The van der Waals surface area contributed by atoms with E-state index in [-0.39, 0.29) is 11.7 Å². The summed E-state index contributed by atoms with van der Waals surface area (Å²) in [5.74, 6) is 1.03. The molecular weight excluding hydrogens is 503 g/mol. The number of nitrogens with zero attached hydrogens (tertiary/aromatic N) is 2. The van der Waals surface area contributed by atoms with E-state index in [2.05, 4.69) is 10.1 Å². The van der Waals surface area contributed by atoms with Crippen molar-refractivity contribution >= 4 is 34.9 Å². The van der Waals surface area contributed by atoms with Gasteiger partial charge < -0.3 is 24.0 Å². The zero-order chi connectivity index (χ0) is 25.0. The molecule has 3 aliphatic rings. The molecule has 1 saturated heterocycles. The van der Waals surface area contributed by atoms with Crippen molar-refractivity contribution in [2.45, 2.75) is 50.4 Å². The van der Waals surface area contributed by atoms with Gasteiger partial charge in [-0.05, 0) is 49.9 Å². The number of piperidine rings is 1. The van der Waals surface area contributed by atoms with E-state index in [4.69, 9.17) is 37.2 Å². The minimum absolute atomic E-state index is 0.128. The third-order valence-electron chi connectivity index (χ3n) is 7.63. The molecule has 188 valence electrons. The number of hydrogen-bond acceptors (Lipinski definition) is 6. The van der Waals surface area contributed by atoms with E-state index in [1.165, 1.54) is 7.11 Å². The highest BCUT2D eigenvalue weighted by molar-refractivity contribution is 6.39. The second-order valence-electron chi connectivity index (χ2n) is 9.82. The lowest BCUT2D eigenvalue weighted by atomic mass is 10.0. The van der Waals surface area contributed by atoms with Gasteiger partial charge in [-0.2, -0.15) is 0 Å². The van der Waals surface area contributed by atoms with Crippen LogP contribution in [0, 0.1) is 5.92 Å². The van der Waals surface area contributed by atoms with Gasteiger partial charge in [-0.25, -0.2) is 4.79 Å². The number of rotatable bonds is 8. The number of carboxylic acid groups (broad SMARTS) is 1. The molecule has 2 aromatic carbocycles. The van der Waals surface area contributed by atoms with Gasteiger partial charge in [0.1, 0.15) is 22.8 Å². The Kier molecular flexibility index (Phi) is 6.10. The summed E-state index contributed by atoms with van der Waals surface area (Å²) in [5.41, 5.74) is 3.45.